The van der Waals surface area contributed by atoms with Gasteiger partial charge in [0.05, 0.1) is 46.9 Å². The molecule has 0 atom stereocenters. The maximum absolute atomic E-state index is 13.0. The molecule has 1 fully saturated rings. The van der Waals surface area contributed by atoms with E-state index < -0.39 is 5.91 Å². The van der Waals surface area contributed by atoms with Crippen LogP contribution in [0.4, 0.5) is 5.69 Å². The molecule has 194 valence electrons. The number of fused-ring (bicyclic) bond motifs is 1. The molecular formula is C25H30N8O3S. The van der Waals surface area contributed by atoms with Crippen molar-refractivity contribution in [2.75, 3.05) is 45.2 Å². The molecule has 0 spiro atoms. The molecule has 0 aliphatic carbocycles. The third-order valence-electron chi connectivity index (χ3n) is 6.34. The highest BCUT2D eigenvalue weighted by atomic mass is 32.2. The first kappa shape index (κ1) is 25.2. The lowest BCUT2D eigenvalue weighted by atomic mass is 9.84. The number of nitrogens with one attached hydrogen (secondary N) is 4. The number of aromatic nitrogens is 3. The van der Waals surface area contributed by atoms with E-state index in [2.05, 4.69) is 44.8 Å². The van der Waals surface area contributed by atoms with Crippen molar-refractivity contribution in [2.24, 2.45) is 5.41 Å². The number of carbonyl (C=O) groups is 2. The lowest BCUT2D eigenvalue weighted by molar-refractivity contribution is -0.112. The maximum Gasteiger partial charge on any atom is 0.260 e. The van der Waals surface area contributed by atoms with Crippen molar-refractivity contribution in [3.8, 4) is 0 Å². The van der Waals surface area contributed by atoms with Gasteiger partial charge < -0.3 is 25.6 Å². The molecule has 12 heteroatoms. The number of thioether (sulfide) groups is 1. The molecule has 3 aliphatic rings. The van der Waals surface area contributed by atoms with Crippen LogP contribution in [-0.4, -0.2) is 77.1 Å². The largest absolute Gasteiger partial charge is 0.383 e. The number of nitrogens with zero attached hydrogens (tertiary/aromatic N) is 4. The molecule has 1 saturated heterocycles. The van der Waals surface area contributed by atoms with E-state index in [1.807, 2.05) is 6.20 Å². The van der Waals surface area contributed by atoms with E-state index in [9.17, 15) is 9.59 Å². The van der Waals surface area contributed by atoms with Crippen LogP contribution in [0.1, 0.15) is 35.5 Å². The predicted molar refractivity (Wildman–Crippen MR) is 142 cm³/mol. The summed E-state index contributed by atoms with van der Waals surface area (Å²) >= 11 is 1.36. The summed E-state index contributed by atoms with van der Waals surface area (Å²) in [6, 6.07) is 1.58. The van der Waals surface area contributed by atoms with Crippen LogP contribution in [0.3, 0.4) is 0 Å². The van der Waals surface area contributed by atoms with Crippen molar-refractivity contribution >= 4 is 39.9 Å². The molecule has 37 heavy (non-hydrogen) atoms. The number of amides is 2. The van der Waals surface area contributed by atoms with Crippen molar-refractivity contribution in [2.45, 2.75) is 20.4 Å². The van der Waals surface area contributed by atoms with Gasteiger partial charge in [-0.2, -0.15) is 5.10 Å². The molecule has 0 unspecified atom stereocenters. The Bertz CT molecular complexity index is 1320. The molecule has 3 aliphatic heterocycles. The summed E-state index contributed by atoms with van der Waals surface area (Å²) in [5, 5.41) is 22.4. The van der Waals surface area contributed by atoms with Gasteiger partial charge in [-0.1, -0.05) is 25.6 Å². The first-order valence-electron chi connectivity index (χ1n) is 12.1. The minimum absolute atomic E-state index is 0.00606. The Labute approximate surface area is 219 Å². The van der Waals surface area contributed by atoms with E-state index in [0.717, 1.165) is 30.1 Å². The summed E-state index contributed by atoms with van der Waals surface area (Å²) in [7, 11) is 1.64. The molecule has 0 radical (unpaired) electrons. The zero-order valence-electron chi connectivity index (χ0n) is 21.1. The fraction of sp³-hybridized carbons (Fsp3) is 0.400. The summed E-state index contributed by atoms with van der Waals surface area (Å²) in [5.74, 6) is -0.675. The lowest BCUT2D eigenvalue weighted by Gasteiger charge is -2.45. The number of hydrogen-bond donors (Lipinski definition) is 4. The molecule has 0 aromatic carbocycles. The highest BCUT2D eigenvalue weighted by Gasteiger charge is 2.34. The van der Waals surface area contributed by atoms with E-state index in [-0.39, 0.29) is 17.2 Å². The quantitative estimate of drug-likeness (QED) is 0.386. The second kappa shape index (κ2) is 10.1. The van der Waals surface area contributed by atoms with Gasteiger partial charge in [-0.05, 0) is 11.5 Å². The van der Waals surface area contributed by atoms with E-state index in [0.29, 0.717) is 47.1 Å². The number of pyridine rings is 1. The average molecular weight is 523 g/mol. The SMILES string of the molecule is COCCn1cc(C2=CN/C(=C3\C(=N)c4ncc(C(=O)NCCN5CC(C)(C)C5)cc4NC3=O)S2)cn1. The molecule has 5 heterocycles. The smallest absolute Gasteiger partial charge is 0.260 e. The Morgan fingerprint density at radius 1 is 1.30 bits per heavy atom. The van der Waals surface area contributed by atoms with Crippen LogP contribution in [0.5, 0.6) is 0 Å². The van der Waals surface area contributed by atoms with Gasteiger partial charge in [0.2, 0.25) is 0 Å². The van der Waals surface area contributed by atoms with E-state index in [4.69, 9.17) is 10.1 Å². The van der Waals surface area contributed by atoms with Crippen LogP contribution >= 0.6 is 11.8 Å². The number of hydrogen-bond acceptors (Lipinski definition) is 9. The number of likely N-dealkylation sites (tertiary alicyclic amines) is 1. The Morgan fingerprint density at radius 2 is 2.11 bits per heavy atom. The van der Waals surface area contributed by atoms with Gasteiger partial charge in [0.15, 0.2) is 0 Å². The van der Waals surface area contributed by atoms with Gasteiger partial charge >= 0.3 is 0 Å². The molecule has 2 aromatic rings. The maximum atomic E-state index is 13.0. The number of ether oxygens (including phenoxy) is 1. The summed E-state index contributed by atoms with van der Waals surface area (Å²) in [5.41, 5.74) is 2.48. The molecule has 0 bridgehead atoms. The zero-order chi connectivity index (χ0) is 26.2. The van der Waals surface area contributed by atoms with Gasteiger partial charge in [-0.25, -0.2) is 0 Å². The van der Waals surface area contributed by atoms with Crippen molar-refractivity contribution < 1.29 is 14.3 Å². The predicted octanol–water partition coefficient (Wildman–Crippen LogP) is 1.86. The van der Waals surface area contributed by atoms with E-state index >= 15 is 0 Å². The summed E-state index contributed by atoms with van der Waals surface area (Å²) in [6.07, 6.45) is 6.91. The highest BCUT2D eigenvalue weighted by molar-refractivity contribution is 8.12. The Hall–Kier alpha value is -3.48. The summed E-state index contributed by atoms with van der Waals surface area (Å²) in [6.45, 7) is 9.03. The van der Waals surface area contributed by atoms with Crippen molar-refractivity contribution in [3.05, 3.63) is 58.3 Å². The molecule has 0 saturated carbocycles. The summed E-state index contributed by atoms with van der Waals surface area (Å²) in [4.78, 5) is 33.2. The number of anilines is 1. The standard InChI is InChI=1S/C25H30N8O3S/c1-25(2)13-32(14-25)5-4-27-22(34)15-8-17-21(28-9-15)20(26)19(23(35)31-17)24-29-11-18(37-24)16-10-30-33(12-16)6-7-36-3/h8-12,26,29H,4-7,13-14H2,1-3H3,(H,27,34)(H,31,35)/b24-19-,26-20?. The van der Waals surface area contributed by atoms with E-state index in [1.165, 1.54) is 18.0 Å². The van der Waals surface area contributed by atoms with Gasteiger partial charge in [-0.15, -0.1) is 0 Å². The highest BCUT2D eigenvalue weighted by Crippen LogP contribution is 2.40. The molecule has 11 nitrogen and oxygen atoms in total. The van der Waals surface area contributed by atoms with Crippen LogP contribution in [0.15, 0.2) is 41.5 Å². The fourth-order valence-electron chi connectivity index (χ4n) is 4.63. The van der Waals surface area contributed by atoms with Crippen molar-refractivity contribution in [1.82, 2.24) is 30.3 Å². The molecule has 2 aromatic heterocycles. The van der Waals surface area contributed by atoms with Gasteiger partial charge in [0.1, 0.15) is 5.69 Å². The van der Waals surface area contributed by atoms with Crippen molar-refractivity contribution in [1.29, 1.82) is 5.41 Å². The number of carbonyl (C=O) groups excluding carboxylic acids is 2. The van der Waals surface area contributed by atoms with Crippen molar-refractivity contribution in [3.63, 3.8) is 0 Å². The third-order valence-corrected chi connectivity index (χ3v) is 7.44. The van der Waals surface area contributed by atoms with Crippen LogP contribution in [0, 0.1) is 10.8 Å². The van der Waals surface area contributed by atoms with Crippen LogP contribution in [-0.2, 0) is 16.1 Å². The van der Waals surface area contributed by atoms with Gasteiger partial charge in [0.25, 0.3) is 11.8 Å². The monoisotopic (exact) mass is 522 g/mol. The first-order chi connectivity index (χ1) is 17.7. The second-order valence-electron chi connectivity index (χ2n) is 10.0. The van der Waals surface area contributed by atoms with Crippen LogP contribution < -0.4 is 16.0 Å². The first-order valence-corrected chi connectivity index (χ1v) is 12.9. The third kappa shape index (κ3) is 5.31. The number of rotatable bonds is 8. The van der Waals surface area contributed by atoms with Gasteiger partial charge in [-0.3, -0.25) is 24.7 Å². The Balaban J connectivity index is 1.24. The van der Waals surface area contributed by atoms with Crippen LogP contribution in [0.2, 0.25) is 0 Å². The minimum Gasteiger partial charge on any atom is -0.383 e. The molecular weight excluding hydrogens is 492 g/mol. The van der Waals surface area contributed by atoms with E-state index in [1.54, 1.807) is 30.3 Å². The number of methoxy groups -OCH3 is 1. The molecule has 5 rings (SSSR count). The van der Waals surface area contributed by atoms with Gasteiger partial charge in [0, 0.05) is 62.4 Å². The van der Waals surface area contributed by atoms with Crippen LogP contribution in [0.25, 0.3) is 4.91 Å². The normalized spacial score (nSPS) is 20.6. The second-order valence-corrected chi connectivity index (χ2v) is 11.1. The average Bonchev–Trinajstić information content (AvgIpc) is 3.51. The topological polar surface area (TPSA) is 137 Å². The lowest BCUT2D eigenvalue weighted by Crippen LogP contribution is -2.54. The fourth-order valence-corrected chi connectivity index (χ4v) is 5.61. The summed E-state index contributed by atoms with van der Waals surface area (Å²) < 4.78 is 6.88. The Kier molecular flexibility index (Phi) is 6.88. The zero-order valence-corrected chi connectivity index (χ0v) is 21.9. The molecule has 4 N–H and O–H groups in total. The minimum atomic E-state index is -0.419. The molecule has 2 amide bonds. The Morgan fingerprint density at radius 3 is 2.86 bits per heavy atom.